The minimum Gasteiger partial charge on any atom is -0.374 e. The number of nitrogens with zero attached hydrogens (tertiary/aromatic N) is 4. The van der Waals surface area contributed by atoms with Crippen molar-refractivity contribution in [2.24, 2.45) is 0 Å². The molecule has 1 aliphatic rings. The van der Waals surface area contributed by atoms with E-state index in [-0.39, 0.29) is 0 Å². The first kappa shape index (κ1) is 15.2. The van der Waals surface area contributed by atoms with E-state index >= 15 is 0 Å². The molecule has 1 atom stereocenters. The molecule has 0 unspecified atom stereocenters. The standard InChI is InChI=1S/C17H24N4O/c1-19(2)13-17-14-20(10-11-22-17)12-15-4-6-16(7-5-15)21-9-3-8-18-21/h3-9,17H,10-14H2,1-2H3/t17-/m0/s1. The number of morpholine rings is 1. The molecule has 5 heteroatoms. The molecule has 0 bridgehead atoms. The molecular weight excluding hydrogens is 276 g/mol. The van der Waals surface area contributed by atoms with Crippen LogP contribution in [0.1, 0.15) is 5.56 Å². The number of rotatable bonds is 5. The zero-order valence-electron chi connectivity index (χ0n) is 13.4. The van der Waals surface area contributed by atoms with Gasteiger partial charge in [0.1, 0.15) is 0 Å². The summed E-state index contributed by atoms with van der Waals surface area (Å²) in [5.74, 6) is 0. The van der Waals surface area contributed by atoms with E-state index in [0.717, 1.165) is 38.5 Å². The predicted octanol–water partition coefficient (Wildman–Crippen LogP) is 1.63. The molecule has 0 aliphatic carbocycles. The summed E-state index contributed by atoms with van der Waals surface area (Å²) in [4.78, 5) is 4.66. The van der Waals surface area contributed by atoms with Crippen molar-refractivity contribution in [3.8, 4) is 5.69 Å². The largest absolute Gasteiger partial charge is 0.374 e. The number of aromatic nitrogens is 2. The van der Waals surface area contributed by atoms with Gasteiger partial charge in [-0.1, -0.05) is 12.1 Å². The van der Waals surface area contributed by atoms with Crippen LogP contribution in [-0.4, -0.2) is 66.0 Å². The first-order valence-corrected chi connectivity index (χ1v) is 7.78. The Labute approximate surface area is 132 Å². The van der Waals surface area contributed by atoms with Crippen LogP contribution in [0.2, 0.25) is 0 Å². The van der Waals surface area contributed by atoms with Crippen LogP contribution in [0.5, 0.6) is 0 Å². The van der Waals surface area contributed by atoms with Crippen LogP contribution in [0.25, 0.3) is 5.69 Å². The van der Waals surface area contributed by atoms with Gasteiger partial charge in [0.15, 0.2) is 0 Å². The minimum absolute atomic E-state index is 0.312. The fraction of sp³-hybridized carbons (Fsp3) is 0.471. The normalized spacial score (nSPS) is 19.7. The third-order valence-corrected chi connectivity index (χ3v) is 3.90. The van der Waals surface area contributed by atoms with Crippen molar-refractivity contribution in [2.45, 2.75) is 12.6 Å². The predicted molar refractivity (Wildman–Crippen MR) is 87.1 cm³/mol. The van der Waals surface area contributed by atoms with Gasteiger partial charge < -0.3 is 9.64 Å². The second-order valence-electron chi connectivity index (χ2n) is 6.11. The Balaban J connectivity index is 1.58. The summed E-state index contributed by atoms with van der Waals surface area (Å²) >= 11 is 0. The van der Waals surface area contributed by atoms with Gasteiger partial charge in [-0.3, -0.25) is 4.90 Å². The zero-order chi connectivity index (χ0) is 15.4. The number of likely N-dealkylation sites (N-methyl/N-ethyl adjacent to an activating group) is 1. The molecule has 0 radical (unpaired) electrons. The average molecular weight is 300 g/mol. The van der Waals surface area contributed by atoms with Gasteiger partial charge in [-0.2, -0.15) is 5.10 Å². The summed E-state index contributed by atoms with van der Waals surface area (Å²) in [5.41, 5.74) is 2.43. The van der Waals surface area contributed by atoms with Gasteiger partial charge in [0, 0.05) is 38.6 Å². The molecule has 0 saturated carbocycles. The van der Waals surface area contributed by atoms with E-state index in [1.54, 1.807) is 6.20 Å². The van der Waals surface area contributed by atoms with Crippen molar-refractivity contribution in [2.75, 3.05) is 40.3 Å². The van der Waals surface area contributed by atoms with E-state index in [2.05, 4.69) is 53.3 Å². The van der Waals surface area contributed by atoms with Gasteiger partial charge in [-0.15, -0.1) is 0 Å². The first-order chi connectivity index (χ1) is 10.7. The van der Waals surface area contributed by atoms with Crippen LogP contribution in [0.3, 0.4) is 0 Å². The molecule has 2 heterocycles. The molecule has 1 aromatic heterocycles. The highest BCUT2D eigenvalue weighted by atomic mass is 16.5. The maximum Gasteiger partial charge on any atom is 0.0829 e. The molecule has 1 saturated heterocycles. The zero-order valence-corrected chi connectivity index (χ0v) is 13.4. The Kier molecular flexibility index (Phi) is 4.87. The highest BCUT2D eigenvalue weighted by Crippen LogP contribution is 2.13. The Morgan fingerprint density at radius 1 is 1.27 bits per heavy atom. The van der Waals surface area contributed by atoms with Crippen molar-refractivity contribution < 1.29 is 4.74 Å². The van der Waals surface area contributed by atoms with Crippen LogP contribution >= 0.6 is 0 Å². The van der Waals surface area contributed by atoms with Crippen molar-refractivity contribution >= 4 is 0 Å². The van der Waals surface area contributed by atoms with E-state index in [4.69, 9.17) is 4.74 Å². The Hall–Kier alpha value is -1.69. The van der Waals surface area contributed by atoms with Crippen molar-refractivity contribution in [1.29, 1.82) is 0 Å². The molecule has 0 spiro atoms. The summed E-state index contributed by atoms with van der Waals surface area (Å²) in [7, 11) is 4.19. The van der Waals surface area contributed by atoms with Crippen LogP contribution in [0.15, 0.2) is 42.7 Å². The summed E-state index contributed by atoms with van der Waals surface area (Å²) in [6.45, 7) is 4.79. The number of hydrogen-bond acceptors (Lipinski definition) is 4. The molecule has 5 nitrogen and oxygen atoms in total. The third-order valence-electron chi connectivity index (χ3n) is 3.90. The summed E-state index contributed by atoms with van der Waals surface area (Å²) < 4.78 is 7.71. The molecule has 1 aliphatic heterocycles. The smallest absolute Gasteiger partial charge is 0.0829 e. The lowest BCUT2D eigenvalue weighted by atomic mass is 10.1. The van der Waals surface area contributed by atoms with Gasteiger partial charge in [0.2, 0.25) is 0 Å². The van der Waals surface area contributed by atoms with E-state index in [9.17, 15) is 0 Å². The topological polar surface area (TPSA) is 33.5 Å². The molecule has 22 heavy (non-hydrogen) atoms. The van der Waals surface area contributed by atoms with Gasteiger partial charge in [-0.25, -0.2) is 4.68 Å². The lowest BCUT2D eigenvalue weighted by Crippen LogP contribution is -2.45. The van der Waals surface area contributed by atoms with Gasteiger partial charge in [0.05, 0.1) is 18.4 Å². The molecule has 0 amide bonds. The molecule has 0 N–H and O–H groups in total. The molecular formula is C17H24N4O. The van der Waals surface area contributed by atoms with Gasteiger partial charge in [0.25, 0.3) is 0 Å². The minimum atomic E-state index is 0.312. The van der Waals surface area contributed by atoms with Crippen LogP contribution < -0.4 is 0 Å². The fourth-order valence-corrected chi connectivity index (χ4v) is 2.88. The van der Waals surface area contributed by atoms with Crippen molar-refractivity contribution in [3.63, 3.8) is 0 Å². The molecule has 3 rings (SSSR count). The molecule has 2 aromatic rings. The van der Waals surface area contributed by atoms with E-state index < -0.39 is 0 Å². The summed E-state index contributed by atoms with van der Waals surface area (Å²) in [6.07, 6.45) is 4.07. The molecule has 1 aromatic carbocycles. The van der Waals surface area contributed by atoms with Crippen molar-refractivity contribution in [1.82, 2.24) is 19.6 Å². The molecule has 118 valence electrons. The first-order valence-electron chi connectivity index (χ1n) is 7.78. The van der Waals surface area contributed by atoms with E-state index in [1.165, 1.54) is 5.56 Å². The highest BCUT2D eigenvalue weighted by molar-refractivity contribution is 5.33. The highest BCUT2D eigenvalue weighted by Gasteiger charge is 2.20. The Morgan fingerprint density at radius 3 is 2.77 bits per heavy atom. The fourth-order valence-electron chi connectivity index (χ4n) is 2.88. The number of hydrogen-bond donors (Lipinski definition) is 0. The number of benzene rings is 1. The number of ether oxygens (including phenoxy) is 1. The Bertz CT molecular complexity index is 565. The van der Waals surface area contributed by atoms with Gasteiger partial charge >= 0.3 is 0 Å². The van der Waals surface area contributed by atoms with Crippen LogP contribution in [0.4, 0.5) is 0 Å². The quantitative estimate of drug-likeness (QED) is 0.840. The maximum absolute atomic E-state index is 5.83. The summed E-state index contributed by atoms with van der Waals surface area (Å²) in [5, 5.41) is 4.25. The Morgan fingerprint density at radius 2 is 2.09 bits per heavy atom. The monoisotopic (exact) mass is 300 g/mol. The SMILES string of the molecule is CN(C)C[C@H]1CN(Cc2ccc(-n3cccn3)cc2)CCO1. The second-order valence-corrected chi connectivity index (χ2v) is 6.11. The van der Waals surface area contributed by atoms with Crippen LogP contribution in [0, 0.1) is 0 Å². The third kappa shape index (κ3) is 3.94. The lowest BCUT2D eigenvalue weighted by Gasteiger charge is -2.34. The molecule has 1 fully saturated rings. The van der Waals surface area contributed by atoms with Gasteiger partial charge in [-0.05, 0) is 37.9 Å². The average Bonchev–Trinajstić information content (AvgIpc) is 3.02. The lowest BCUT2D eigenvalue weighted by molar-refractivity contribution is -0.0406. The summed E-state index contributed by atoms with van der Waals surface area (Å²) in [6, 6.07) is 10.6. The van der Waals surface area contributed by atoms with E-state index in [1.807, 2.05) is 16.9 Å². The maximum atomic E-state index is 5.83. The van der Waals surface area contributed by atoms with E-state index in [0.29, 0.717) is 6.10 Å². The second kappa shape index (κ2) is 7.05. The van der Waals surface area contributed by atoms with Crippen molar-refractivity contribution in [3.05, 3.63) is 48.3 Å². The van der Waals surface area contributed by atoms with Crippen LogP contribution in [-0.2, 0) is 11.3 Å².